The van der Waals surface area contributed by atoms with Gasteiger partial charge in [0, 0.05) is 36.2 Å². The largest absolute Gasteiger partial charge is 0.388 e. The van der Waals surface area contributed by atoms with Crippen molar-refractivity contribution in [2.75, 3.05) is 19.6 Å². The van der Waals surface area contributed by atoms with Gasteiger partial charge in [-0.25, -0.2) is 0 Å². The molecule has 0 saturated carbocycles. The van der Waals surface area contributed by atoms with Gasteiger partial charge in [-0.3, -0.25) is 4.79 Å². The Morgan fingerprint density at radius 2 is 1.64 bits per heavy atom. The maximum atomic E-state index is 12.5. The van der Waals surface area contributed by atoms with Gasteiger partial charge >= 0.3 is 0 Å². The summed E-state index contributed by atoms with van der Waals surface area (Å²) in [6, 6.07) is 14.6. The van der Waals surface area contributed by atoms with Crippen LogP contribution in [0.1, 0.15) is 17.5 Å². The molecule has 7 heteroatoms. The third kappa shape index (κ3) is 5.46. The number of hydrogen-bond donors (Lipinski definition) is 3. The summed E-state index contributed by atoms with van der Waals surface area (Å²) in [4.78, 5) is 14.1. The smallest absolute Gasteiger partial charge is 0.227 e. The quantitative estimate of drug-likeness (QED) is 0.668. The maximum absolute atomic E-state index is 12.5. The van der Waals surface area contributed by atoms with Crippen LogP contribution in [0.5, 0.6) is 0 Å². The second-order valence-corrected chi connectivity index (χ2v) is 8.12. The van der Waals surface area contributed by atoms with E-state index in [9.17, 15) is 15.0 Å². The average molecular weight is 423 g/mol. The summed E-state index contributed by atoms with van der Waals surface area (Å²) in [5.74, 6) is -0.0717. The Bertz CT molecular complexity index is 798. The Labute approximate surface area is 174 Å². The predicted molar refractivity (Wildman–Crippen MR) is 110 cm³/mol. The highest BCUT2D eigenvalue weighted by molar-refractivity contribution is 6.30. The Morgan fingerprint density at radius 1 is 1.07 bits per heavy atom. The average Bonchev–Trinajstić information content (AvgIpc) is 2.67. The van der Waals surface area contributed by atoms with Gasteiger partial charge in [-0.2, -0.15) is 0 Å². The van der Waals surface area contributed by atoms with Crippen LogP contribution < -0.4 is 5.32 Å². The highest BCUT2D eigenvalue weighted by atomic mass is 35.5. The fraction of sp³-hybridized carbons (Fsp3) is 0.381. The zero-order valence-electron chi connectivity index (χ0n) is 15.4. The zero-order chi connectivity index (χ0) is 20.1. The Balaban J connectivity index is 1.49. The Hall–Kier alpha value is -1.63. The first-order valence-corrected chi connectivity index (χ1v) is 9.99. The lowest BCUT2D eigenvalue weighted by atomic mass is 9.88. The molecule has 0 spiro atoms. The lowest BCUT2D eigenvalue weighted by molar-refractivity contribution is -0.148. The van der Waals surface area contributed by atoms with Crippen LogP contribution in [0.2, 0.25) is 10.0 Å². The molecular formula is C21H24Cl2N2O3. The molecule has 1 heterocycles. The van der Waals surface area contributed by atoms with Gasteiger partial charge in [-0.15, -0.1) is 0 Å². The van der Waals surface area contributed by atoms with E-state index in [4.69, 9.17) is 23.2 Å². The molecule has 1 amide bonds. The number of rotatable bonds is 6. The van der Waals surface area contributed by atoms with Crippen LogP contribution in [-0.4, -0.2) is 52.4 Å². The molecule has 3 rings (SSSR count). The van der Waals surface area contributed by atoms with E-state index >= 15 is 0 Å². The molecule has 5 nitrogen and oxygen atoms in total. The molecule has 2 aromatic carbocycles. The highest BCUT2D eigenvalue weighted by Crippen LogP contribution is 2.23. The van der Waals surface area contributed by atoms with E-state index in [1.807, 2.05) is 36.4 Å². The van der Waals surface area contributed by atoms with E-state index in [1.54, 1.807) is 17.0 Å². The zero-order valence-corrected chi connectivity index (χ0v) is 17.0. The minimum absolute atomic E-state index is 0.0717. The summed E-state index contributed by atoms with van der Waals surface area (Å²) in [7, 11) is 0. The first-order valence-electron chi connectivity index (χ1n) is 9.23. The van der Waals surface area contributed by atoms with Crippen molar-refractivity contribution in [3.05, 3.63) is 69.7 Å². The Morgan fingerprint density at radius 3 is 2.21 bits per heavy atom. The second-order valence-electron chi connectivity index (χ2n) is 7.24. The summed E-state index contributed by atoms with van der Waals surface area (Å²) >= 11 is 11.7. The number of aliphatic hydroxyl groups excluding tert-OH is 1. The molecule has 0 bridgehead atoms. The van der Waals surface area contributed by atoms with Gasteiger partial charge in [-0.1, -0.05) is 47.5 Å². The summed E-state index contributed by atoms with van der Waals surface area (Å²) in [5, 5.41) is 25.7. The molecule has 0 aliphatic carbocycles. The fourth-order valence-corrected chi connectivity index (χ4v) is 3.56. The lowest BCUT2D eigenvalue weighted by Gasteiger charge is -2.42. The normalized spacial score (nSPS) is 22.3. The monoisotopic (exact) mass is 422 g/mol. The van der Waals surface area contributed by atoms with Gasteiger partial charge < -0.3 is 20.4 Å². The number of piperidine rings is 1. The number of amides is 1. The number of halogens is 2. The molecule has 1 aliphatic rings. The summed E-state index contributed by atoms with van der Waals surface area (Å²) in [6.07, 6.45) is -0.446. The van der Waals surface area contributed by atoms with Crippen molar-refractivity contribution in [1.29, 1.82) is 0 Å². The number of nitrogens with zero attached hydrogens (tertiary/aromatic N) is 1. The second kappa shape index (κ2) is 9.25. The summed E-state index contributed by atoms with van der Waals surface area (Å²) in [5.41, 5.74) is 0.649. The van der Waals surface area contributed by atoms with Gasteiger partial charge in [0.15, 0.2) is 0 Å². The molecule has 0 unspecified atom stereocenters. The van der Waals surface area contributed by atoms with Crippen molar-refractivity contribution in [2.24, 2.45) is 0 Å². The number of benzene rings is 2. The van der Waals surface area contributed by atoms with Crippen LogP contribution in [0.15, 0.2) is 48.5 Å². The molecule has 0 radical (unpaired) electrons. The van der Waals surface area contributed by atoms with Crippen molar-refractivity contribution >= 4 is 29.1 Å². The molecule has 0 aromatic heterocycles. The first-order chi connectivity index (χ1) is 13.4. The van der Waals surface area contributed by atoms with E-state index in [1.165, 1.54) is 0 Å². The highest BCUT2D eigenvalue weighted by Gasteiger charge is 2.41. The number of carbonyl (C=O) groups is 1. The molecule has 2 atom stereocenters. The van der Waals surface area contributed by atoms with Crippen LogP contribution in [0, 0.1) is 0 Å². The van der Waals surface area contributed by atoms with Gasteiger partial charge in [0.2, 0.25) is 5.91 Å². The standard InChI is InChI=1S/C21H24Cl2N2O3/c22-17-5-1-15(2-6-17)11-20(27)25-10-9-21(28,19(26)13-25)14-24-12-16-3-7-18(23)8-4-16/h1-8,19,24,26,28H,9-14H2/t19-,21-/m0/s1. The predicted octanol–water partition coefficient (Wildman–Crippen LogP) is 2.65. The minimum Gasteiger partial charge on any atom is -0.388 e. The van der Waals surface area contributed by atoms with Crippen LogP contribution >= 0.6 is 23.2 Å². The first kappa shape index (κ1) is 21.1. The molecular weight excluding hydrogens is 399 g/mol. The van der Waals surface area contributed by atoms with Crippen LogP contribution in [-0.2, 0) is 17.8 Å². The van der Waals surface area contributed by atoms with Crippen molar-refractivity contribution in [2.45, 2.75) is 31.1 Å². The number of likely N-dealkylation sites (tertiary alicyclic amines) is 1. The van der Waals surface area contributed by atoms with Crippen molar-refractivity contribution < 1.29 is 15.0 Å². The van der Waals surface area contributed by atoms with Crippen LogP contribution in [0.25, 0.3) is 0 Å². The molecule has 3 N–H and O–H groups in total. The number of hydrogen-bond acceptors (Lipinski definition) is 4. The topological polar surface area (TPSA) is 72.8 Å². The molecule has 1 saturated heterocycles. The van der Waals surface area contributed by atoms with E-state index < -0.39 is 11.7 Å². The van der Waals surface area contributed by atoms with Gasteiger partial charge in [-0.05, 0) is 41.8 Å². The Kier molecular flexibility index (Phi) is 6.96. The summed E-state index contributed by atoms with van der Waals surface area (Å²) in [6.45, 7) is 1.33. The molecule has 2 aromatic rings. The van der Waals surface area contributed by atoms with Gasteiger partial charge in [0.05, 0.1) is 6.42 Å². The number of nitrogens with one attached hydrogen (secondary N) is 1. The van der Waals surface area contributed by atoms with Crippen molar-refractivity contribution in [3.8, 4) is 0 Å². The van der Waals surface area contributed by atoms with E-state index in [2.05, 4.69) is 5.32 Å². The SMILES string of the molecule is O=C(Cc1ccc(Cl)cc1)N1CC[C@](O)(CNCc2ccc(Cl)cc2)[C@@H](O)C1. The van der Waals surface area contributed by atoms with E-state index in [-0.39, 0.29) is 25.4 Å². The van der Waals surface area contributed by atoms with Crippen LogP contribution in [0.3, 0.4) is 0 Å². The van der Waals surface area contributed by atoms with Crippen LogP contribution in [0.4, 0.5) is 0 Å². The molecule has 1 aliphatic heterocycles. The number of aliphatic hydroxyl groups is 2. The molecule has 28 heavy (non-hydrogen) atoms. The maximum Gasteiger partial charge on any atom is 0.227 e. The van der Waals surface area contributed by atoms with Crippen molar-refractivity contribution in [3.63, 3.8) is 0 Å². The van der Waals surface area contributed by atoms with E-state index in [0.717, 1.165) is 11.1 Å². The number of carbonyl (C=O) groups excluding carboxylic acids is 1. The number of β-amino-alcohol motifs (C(OH)–C–C–N with tert-alkyl or cyclic N) is 1. The lowest BCUT2D eigenvalue weighted by Crippen LogP contribution is -2.60. The van der Waals surface area contributed by atoms with Crippen molar-refractivity contribution in [1.82, 2.24) is 10.2 Å². The van der Waals surface area contributed by atoms with Gasteiger partial charge in [0.25, 0.3) is 0 Å². The van der Waals surface area contributed by atoms with Gasteiger partial charge in [0.1, 0.15) is 11.7 Å². The molecule has 150 valence electrons. The van der Waals surface area contributed by atoms with E-state index in [0.29, 0.717) is 29.6 Å². The molecule has 1 fully saturated rings. The summed E-state index contributed by atoms with van der Waals surface area (Å²) < 4.78 is 0. The third-order valence-corrected chi connectivity index (χ3v) is 5.63. The minimum atomic E-state index is -1.26. The third-order valence-electron chi connectivity index (χ3n) is 5.12. The fourth-order valence-electron chi connectivity index (χ4n) is 3.31.